The third-order valence-electron chi connectivity index (χ3n) is 5.73. The second-order valence-corrected chi connectivity index (χ2v) is 7.81. The summed E-state index contributed by atoms with van der Waals surface area (Å²) in [4.78, 5) is 30.9. The summed E-state index contributed by atoms with van der Waals surface area (Å²) in [6.07, 6.45) is -5.52. The highest BCUT2D eigenvalue weighted by molar-refractivity contribution is 6.04. The molecule has 3 atom stereocenters. The van der Waals surface area contributed by atoms with Crippen LogP contribution in [0.25, 0.3) is 0 Å². The molecule has 2 heterocycles. The lowest BCUT2D eigenvalue weighted by atomic mass is 9.79. The number of rotatable bonds is 5. The number of carbonyl (C=O) groups excluding carboxylic acids is 2. The Bertz CT molecular complexity index is 1420. The van der Waals surface area contributed by atoms with Crippen molar-refractivity contribution < 1.29 is 27.2 Å². The van der Waals surface area contributed by atoms with Crippen LogP contribution in [0, 0.1) is 28.5 Å². The number of halogens is 4. The molecule has 4 rings (SSSR count). The topological polar surface area (TPSA) is 110 Å². The number of carbonyl (C=O) groups is 2. The number of nitriles is 2. The zero-order valence-electron chi connectivity index (χ0n) is 18.2. The lowest BCUT2D eigenvalue weighted by Crippen LogP contribution is -2.51. The number of pyridine rings is 1. The summed E-state index contributed by atoms with van der Waals surface area (Å²) in [5.74, 6) is -4.09. The number of benzene rings is 2. The molecule has 0 saturated heterocycles. The molecular formula is C25H15F4N5O2. The highest BCUT2D eigenvalue weighted by atomic mass is 19.3. The third kappa shape index (κ3) is 4.34. The Kier molecular flexibility index (Phi) is 6.66. The van der Waals surface area contributed by atoms with Crippen LogP contribution < -0.4 is 5.32 Å². The Morgan fingerprint density at radius 1 is 1.06 bits per heavy atom. The van der Waals surface area contributed by atoms with Crippen molar-refractivity contribution >= 4 is 17.5 Å². The predicted octanol–water partition coefficient (Wildman–Crippen LogP) is 4.44. The van der Waals surface area contributed by atoms with Crippen molar-refractivity contribution in [3.63, 3.8) is 0 Å². The van der Waals surface area contributed by atoms with Gasteiger partial charge in [0.05, 0.1) is 17.5 Å². The molecule has 0 spiro atoms. The van der Waals surface area contributed by atoms with E-state index in [-0.39, 0.29) is 33.6 Å². The number of nitrogens with one attached hydrogen (secondary N) is 1. The summed E-state index contributed by atoms with van der Waals surface area (Å²) in [6, 6.07) is 13.4. The summed E-state index contributed by atoms with van der Waals surface area (Å²) in [5.41, 5.74) is -0.290. The molecule has 7 nitrogen and oxygen atoms in total. The Morgan fingerprint density at radius 3 is 2.44 bits per heavy atom. The molecule has 1 N–H and O–H groups in total. The van der Waals surface area contributed by atoms with Crippen molar-refractivity contribution in [1.29, 1.82) is 10.5 Å². The van der Waals surface area contributed by atoms with Gasteiger partial charge < -0.3 is 5.32 Å². The van der Waals surface area contributed by atoms with Crippen LogP contribution in [0.1, 0.15) is 44.7 Å². The summed E-state index contributed by atoms with van der Waals surface area (Å²) in [6.45, 7) is 0. The van der Waals surface area contributed by atoms with E-state index >= 15 is 0 Å². The van der Waals surface area contributed by atoms with Crippen LogP contribution in [0.3, 0.4) is 0 Å². The standard InChI is InChI=1S/C25H15F4N5O2/c26-19-8-7-15(9-14(19)10-30)33-24(35)20-17-3-1-2-4-18(17)25(36)34(23(29)22(27)28)21(20)13-5-6-16(11-31)32-12-13/h1-9,12,20-23H,(H,33,35). The third-order valence-corrected chi connectivity index (χ3v) is 5.73. The molecule has 0 bridgehead atoms. The number of amides is 2. The first-order valence-corrected chi connectivity index (χ1v) is 10.5. The molecule has 36 heavy (non-hydrogen) atoms. The van der Waals surface area contributed by atoms with Gasteiger partial charge in [0, 0.05) is 17.4 Å². The zero-order valence-corrected chi connectivity index (χ0v) is 18.2. The number of hydrogen-bond acceptors (Lipinski definition) is 5. The lowest BCUT2D eigenvalue weighted by Gasteiger charge is -2.42. The normalized spacial score (nSPS) is 17.6. The number of hydrogen-bond donors (Lipinski definition) is 1. The number of nitrogens with zero attached hydrogens (tertiary/aromatic N) is 4. The first-order chi connectivity index (χ1) is 17.3. The summed E-state index contributed by atoms with van der Waals surface area (Å²) >= 11 is 0. The fourth-order valence-corrected chi connectivity index (χ4v) is 4.14. The molecular weight excluding hydrogens is 478 g/mol. The molecule has 0 aliphatic carbocycles. The van der Waals surface area contributed by atoms with Gasteiger partial charge in [0.1, 0.15) is 23.6 Å². The van der Waals surface area contributed by atoms with Crippen LogP contribution in [0.4, 0.5) is 23.2 Å². The van der Waals surface area contributed by atoms with Gasteiger partial charge in [0.15, 0.2) is 0 Å². The molecule has 3 aromatic rings. The lowest BCUT2D eigenvalue weighted by molar-refractivity contribution is -0.121. The van der Waals surface area contributed by atoms with Crippen LogP contribution in [0.15, 0.2) is 60.8 Å². The number of alkyl halides is 3. The molecule has 1 aliphatic rings. The van der Waals surface area contributed by atoms with Crippen molar-refractivity contribution in [3.05, 3.63) is 94.6 Å². The molecule has 0 saturated carbocycles. The van der Waals surface area contributed by atoms with Gasteiger partial charge >= 0.3 is 0 Å². The van der Waals surface area contributed by atoms with E-state index in [4.69, 9.17) is 10.5 Å². The highest BCUT2D eigenvalue weighted by Crippen LogP contribution is 2.45. The highest BCUT2D eigenvalue weighted by Gasteiger charge is 2.49. The molecule has 1 aliphatic heterocycles. The molecule has 2 amide bonds. The second kappa shape index (κ2) is 9.84. The van der Waals surface area contributed by atoms with Crippen molar-refractivity contribution in [3.8, 4) is 12.1 Å². The van der Waals surface area contributed by atoms with E-state index in [9.17, 15) is 27.2 Å². The molecule has 1 aromatic heterocycles. The van der Waals surface area contributed by atoms with Crippen molar-refractivity contribution in [2.75, 3.05) is 5.32 Å². The van der Waals surface area contributed by atoms with E-state index in [0.29, 0.717) is 4.90 Å². The average Bonchev–Trinajstić information content (AvgIpc) is 2.89. The summed E-state index contributed by atoms with van der Waals surface area (Å²) < 4.78 is 55.8. The Balaban J connectivity index is 1.88. The molecule has 2 aromatic carbocycles. The van der Waals surface area contributed by atoms with E-state index in [0.717, 1.165) is 18.3 Å². The van der Waals surface area contributed by atoms with Crippen molar-refractivity contribution in [1.82, 2.24) is 9.88 Å². The molecule has 3 unspecified atom stereocenters. The van der Waals surface area contributed by atoms with Crippen LogP contribution in [0.2, 0.25) is 0 Å². The van der Waals surface area contributed by atoms with Crippen LogP contribution in [-0.4, -0.2) is 34.4 Å². The fraction of sp³-hybridized carbons (Fsp3) is 0.160. The maximum atomic E-state index is 14.9. The first-order valence-electron chi connectivity index (χ1n) is 10.5. The maximum absolute atomic E-state index is 14.9. The van der Waals surface area contributed by atoms with Gasteiger partial charge in [-0.2, -0.15) is 10.5 Å². The number of fused-ring (bicyclic) bond motifs is 1. The van der Waals surface area contributed by atoms with E-state index in [1.54, 1.807) is 12.1 Å². The van der Waals surface area contributed by atoms with E-state index in [1.807, 2.05) is 0 Å². The Hall–Kier alpha value is -4.77. The molecule has 180 valence electrons. The Morgan fingerprint density at radius 2 is 1.81 bits per heavy atom. The van der Waals surface area contributed by atoms with Gasteiger partial charge in [0.2, 0.25) is 12.2 Å². The number of aromatic nitrogens is 1. The summed E-state index contributed by atoms with van der Waals surface area (Å²) in [7, 11) is 0. The van der Waals surface area contributed by atoms with Crippen molar-refractivity contribution in [2.24, 2.45) is 0 Å². The predicted molar refractivity (Wildman–Crippen MR) is 118 cm³/mol. The summed E-state index contributed by atoms with van der Waals surface area (Å²) in [5, 5.41) is 20.6. The van der Waals surface area contributed by atoms with E-state index in [1.165, 1.54) is 42.5 Å². The minimum Gasteiger partial charge on any atom is -0.325 e. The van der Waals surface area contributed by atoms with Crippen LogP contribution in [-0.2, 0) is 4.79 Å². The van der Waals surface area contributed by atoms with Gasteiger partial charge in [-0.15, -0.1) is 0 Å². The minimum atomic E-state index is -3.58. The smallest absolute Gasteiger partial charge is 0.287 e. The second-order valence-electron chi connectivity index (χ2n) is 7.81. The maximum Gasteiger partial charge on any atom is 0.287 e. The number of anilines is 1. The van der Waals surface area contributed by atoms with Crippen LogP contribution >= 0.6 is 0 Å². The minimum absolute atomic E-state index is 0.0187. The quantitative estimate of drug-likeness (QED) is 0.417. The van der Waals surface area contributed by atoms with E-state index < -0.39 is 42.3 Å². The Labute approximate surface area is 202 Å². The van der Waals surface area contributed by atoms with Crippen molar-refractivity contribution in [2.45, 2.75) is 24.7 Å². The SMILES string of the molecule is N#Cc1ccc(C2C(C(=O)Nc3ccc(F)c(C#N)c3)c3ccccc3C(=O)N2C(F)C(F)F)cn1. The van der Waals surface area contributed by atoms with Gasteiger partial charge in [-0.25, -0.2) is 22.5 Å². The zero-order chi connectivity index (χ0) is 26.0. The van der Waals surface area contributed by atoms with Gasteiger partial charge in [-0.3, -0.25) is 14.5 Å². The molecule has 0 radical (unpaired) electrons. The molecule has 0 fully saturated rings. The largest absolute Gasteiger partial charge is 0.325 e. The molecule has 11 heteroatoms. The van der Waals surface area contributed by atoms with Gasteiger partial charge in [-0.1, -0.05) is 24.3 Å². The fourth-order valence-electron chi connectivity index (χ4n) is 4.14. The van der Waals surface area contributed by atoms with Gasteiger partial charge in [0.25, 0.3) is 12.3 Å². The first kappa shape index (κ1) is 24.4. The van der Waals surface area contributed by atoms with E-state index in [2.05, 4.69) is 10.3 Å². The monoisotopic (exact) mass is 493 g/mol. The average molecular weight is 493 g/mol. The van der Waals surface area contributed by atoms with Gasteiger partial charge in [-0.05, 0) is 41.5 Å². The van der Waals surface area contributed by atoms with Crippen LogP contribution in [0.5, 0.6) is 0 Å².